The number of hydrogen-bond acceptors (Lipinski definition) is 3. The maximum atomic E-state index is 12.0. The lowest BCUT2D eigenvalue weighted by Crippen LogP contribution is -2.47. The molecule has 0 fully saturated rings. The van der Waals surface area contributed by atoms with Gasteiger partial charge in [0.15, 0.2) is 0 Å². The molecular formula is C19H33N3O2. The molecule has 0 aliphatic heterocycles. The Labute approximate surface area is 146 Å². The normalized spacial score (nSPS) is 14.1. The summed E-state index contributed by atoms with van der Waals surface area (Å²) in [5.41, 5.74) is 1.41. The van der Waals surface area contributed by atoms with Gasteiger partial charge in [0, 0.05) is 25.7 Å². The molecule has 3 N–H and O–H groups in total. The molecule has 1 rings (SSSR count). The second-order valence-electron chi connectivity index (χ2n) is 7.33. The van der Waals surface area contributed by atoms with Crippen LogP contribution in [0.25, 0.3) is 0 Å². The van der Waals surface area contributed by atoms with Crippen LogP contribution in [0.3, 0.4) is 0 Å². The number of rotatable bonds is 8. The van der Waals surface area contributed by atoms with Gasteiger partial charge in [-0.15, -0.1) is 0 Å². The summed E-state index contributed by atoms with van der Waals surface area (Å²) in [6.07, 6.45) is 0. The van der Waals surface area contributed by atoms with Crippen molar-refractivity contribution < 1.29 is 9.90 Å². The van der Waals surface area contributed by atoms with E-state index in [1.165, 1.54) is 5.56 Å². The molecule has 5 nitrogen and oxygen atoms in total. The summed E-state index contributed by atoms with van der Waals surface area (Å²) >= 11 is 0. The zero-order valence-corrected chi connectivity index (χ0v) is 15.9. The van der Waals surface area contributed by atoms with Crippen LogP contribution in [0, 0.1) is 5.92 Å². The summed E-state index contributed by atoms with van der Waals surface area (Å²) in [7, 11) is 2.09. The first kappa shape index (κ1) is 20.5. The largest absolute Gasteiger partial charge is 0.388 e. The molecule has 0 radical (unpaired) electrons. The van der Waals surface area contributed by atoms with Gasteiger partial charge in [0.25, 0.3) is 0 Å². The lowest BCUT2D eigenvalue weighted by Gasteiger charge is -2.27. The van der Waals surface area contributed by atoms with Crippen molar-refractivity contribution in [2.75, 3.05) is 13.6 Å². The first-order valence-corrected chi connectivity index (χ1v) is 8.64. The number of nitrogens with one attached hydrogen (secondary N) is 2. The Morgan fingerprint density at radius 2 is 1.75 bits per heavy atom. The fraction of sp³-hybridized carbons (Fsp3) is 0.632. The zero-order valence-electron chi connectivity index (χ0n) is 15.9. The average Bonchev–Trinajstić information content (AvgIpc) is 2.51. The number of carbonyl (C=O) groups excluding carboxylic acids is 1. The quantitative estimate of drug-likeness (QED) is 0.684. The van der Waals surface area contributed by atoms with E-state index in [1.54, 1.807) is 6.92 Å². The van der Waals surface area contributed by atoms with Crippen molar-refractivity contribution in [1.29, 1.82) is 0 Å². The fourth-order valence-electron chi connectivity index (χ4n) is 2.04. The molecule has 1 aromatic carbocycles. The first-order valence-electron chi connectivity index (χ1n) is 8.64. The van der Waals surface area contributed by atoms with E-state index in [1.807, 2.05) is 32.0 Å². The summed E-state index contributed by atoms with van der Waals surface area (Å²) in [4.78, 5) is 14.2. The van der Waals surface area contributed by atoms with Gasteiger partial charge in [0.05, 0.1) is 5.60 Å². The van der Waals surface area contributed by atoms with Crippen molar-refractivity contribution >= 4 is 6.03 Å². The van der Waals surface area contributed by atoms with Crippen molar-refractivity contribution in [3.8, 4) is 0 Å². The summed E-state index contributed by atoms with van der Waals surface area (Å²) in [6, 6.07) is 8.34. The van der Waals surface area contributed by atoms with Crippen molar-refractivity contribution in [3.05, 3.63) is 35.4 Å². The van der Waals surface area contributed by atoms with Gasteiger partial charge in [0.1, 0.15) is 0 Å². The minimum absolute atomic E-state index is 0.0742. The van der Waals surface area contributed by atoms with E-state index in [2.05, 4.69) is 42.5 Å². The first-order chi connectivity index (χ1) is 11.1. The van der Waals surface area contributed by atoms with Gasteiger partial charge in [-0.3, -0.25) is 4.90 Å². The summed E-state index contributed by atoms with van der Waals surface area (Å²) in [5.74, 6) is 0.0742. The SMILES string of the molecule is CC(C)N(C)Cc1ccccc1CNC(=O)NCC(C)(O)C(C)C. The van der Waals surface area contributed by atoms with Crippen LogP contribution in [0.5, 0.6) is 0 Å². The Hall–Kier alpha value is -1.59. The third kappa shape index (κ3) is 6.49. The van der Waals surface area contributed by atoms with E-state index in [0.717, 1.165) is 12.1 Å². The van der Waals surface area contributed by atoms with E-state index in [-0.39, 0.29) is 18.5 Å². The Kier molecular flexibility index (Phi) is 7.70. The van der Waals surface area contributed by atoms with Crippen molar-refractivity contribution in [2.45, 2.75) is 59.4 Å². The molecule has 24 heavy (non-hydrogen) atoms. The summed E-state index contributed by atoms with van der Waals surface area (Å²) in [6.45, 7) is 11.5. The minimum Gasteiger partial charge on any atom is -0.388 e. The third-order valence-corrected chi connectivity index (χ3v) is 4.71. The number of hydrogen-bond donors (Lipinski definition) is 3. The molecule has 0 aliphatic rings. The van der Waals surface area contributed by atoms with Crippen molar-refractivity contribution in [1.82, 2.24) is 15.5 Å². The number of benzene rings is 1. The predicted octanol–water partition coefficient (Wildman–Crippen LogP) is 2.73. The van der Waals surface area contributed by atoms with Crippen LogP contribution in [-0.4, -0.2) is 41.3 Å². The maximum absolute atomic E-state index is 12.0. The van der Waals surface area contributed by atoms with E-state index in [0.29, 0.717) is 12.6 Å². The van der Waals surface area contributed by atoms with Crippen molar-refractivity contribution in [2.24, 2.45) is 5.92 Å². The maximum Gasteiger partial charge on any atom is 0.315 e. The highest BCUT2D eigenvalue weighted by molar-refractivity contribution is 5.73. The van der Waals surface area contributed by atoms with Gasteiger partial charge in [-0.2, -0.15) is 0 Å². The second kappa shape index (κ2) is 9.04. The lowest BCUT2D eigenvalue weighted by molar-refractivity contribution is 0.0166. The molecule has 0 heterocycles. The van der Waals surface area contributed by atoms with E-state index in [9.17, 15) is 9.90 Å². The van der Waals surface area contributed by atoms with Crippen LogP contribution in [0.15, 0.2) is 24.3 Å². The molecule has 2 amide bonds. The van der Waals surface area contributed by atoms with Gasteiger partial charge in [-0.1, -0.05) is 38.1 Å². The third-order valence-electron chi connectivity index (χ3n) is 4.71. The monoisotopic (exact) mass is 335 g/mol. The van der Waals surface area contributed by atoms with Gasteiger partial charge in [0.2, 0.25) is 0 Å². The van der Waals surface area contributed by atoms with Crippen LogP contribution in [0.1, 0.15) is 45.7 Å². The summed E-state index contributed by atoms with van der Waals surface area (Å²) in [5, 5.41) is 15.8. The zero-order chi connectivity index (χ0) is 18.3. The van der Waals surface area contributed by atoms with E-state index >= 15 is 0 Å². The average molecular weight is 335 g/mol. The molecule has 0 spiro atoms. The molecule has 0 aliphatic carbocycles. The second-order valence-corrected chi connectivity index (χ2v) is 7.33. The lowest BCUT2D eigenvalue weighted by atomic mass is 9.93. The number of amides is 2. The van der Waals surface area contributed by atoms with Crippen LogP contribution in [0.2, 0.25) is 0 Å². The van der Waals surface area contributed by atoms with Gasteiger partial charge < -0.3 is 15.7 Å². The van der Waals surface area contributed by atoms with Gasteiger partial charge in [-0.05, 0) is 44.9 Å². The molecule has 0 bridgehead atoms. The molecule has 136 valence electrons. The highest BCUT2D eigenvalue weighted by atomic mass is 16.3. The van der Waals surface area contributed by atoms with Crippen LogP contribution in [0.4, 0.5) is 4.79 Å². The topological polar surface area (TPSA) is 64.6 Å². The molecule has 5 heteroatoms. The predicted molar refractivity (Wildman–Crippen MR) is 98.7 cm³/mol. The Balaban J connectivity index is 2.57. The van der Waals surface area contributed by atoms with E-state index < -0.39 is 5.60 Å². The molecule has 0 saturated heterocycles. The molecule has 1 unspecified atom stereocenters. The number of carbonyl (C=O) groups is 1. The Bertz CT molecular complexity index is 527. The Morgan fingerprint density at radius 3 is 2.29 bits per heavy atom. The number of urea groups is 1. The molecule has 1 atom stereocenters. The highest BCUT2D eigenvalue weighted by Gasteiger charge is 2.25. The Morgan fingerprint density at radius 1 is 1.17 bits per heavy atom. The van der Waals surface area contributed by atoms with Crippen LogP contribution >= 0.6 is 0 Å². The van der Waals surface area contributed by atoms with Gasteiger partial charge >= 0.3 is 6.03 Å². The fourth-order valence-corrected chi connectivity index (χ4v) is 2.04. The standard InChI is InChI=1S/C19H33N3O2/c1-14(2)19(5,24)13-21-18(23)20-11-16-9-7-8-10-17(16)12-22(6)15(3)4/h7-10,14-15,24H,11-13H2,1-6H3,(H2,20,21,23). The summed E-state index contributed by atoms with van der Waals surface area (Å²) < 4.78 is 0. The van der Waals surface area contributed by atoms with E-state index in [4.69, 9.17) is 0 Å². The number of aliphatic hydroxyl groups is 1. The van der Waals surface area contributed by atoms with Crippen LogP contribution in [-0.2, 0) is 13.1 Å². The molecule has 1 aromatic rings. The molecule has 0 saturated carbocycles. The van der Waals surface area contributed by atoms with Gasteiger partial charge in [-0.25, -0.2) is 4.79 Å². The molecular weight excluding hydrogens is 302 g/mol. The molecule has 0 aromatic heterocycles. The highest BCUT2D eigenvalue weighted by Crippen LogP contribution is 2.14. The number of nitrogens with zero attached hydrogens (tertiary/aromatic N) is 1. The van der Waals surface area contributed by atoms with Crippen molar-refractivity contribution in [3.63, 3.8) is 0 Å². The smallest absolute Gasteiger partial charge is 0.315 e. The minimum atomic E-state index is -0.908. The van der Waals surface area contributed by atoms with Crippen LogP contribution < -0.4 is 10.6 Å².